The Morgan fingerprint density at radius 3 is 2.57 bits per heavy atom. The molecule has 5 heteroatoms. The Morgan fingerprint density at radius 1 is 1.09 bits per heavy atom. The smallest absolute Gasteiger partial charge is 0.336 e. The zero-order valence-corrected chi connectivity index (χ0v) is 13.0. The molecule has 2 aromatic heterocycles. The molecule has 1 aromatic carbocycles. The van der Waals surface area contributed by atoms with E-state index in [-0.39, 0.29) is 5.78 Å². The molecule has 0 unspecified atom stereocenters. The highest BCUT2D eigenvalue weighted by atomic mass is 16.4. The molecule has 0 aliphatic heterocycles. The van der Waals surface area contributed by atoms with E-state index in [4.69, 9.17) is 8.83 Å². The predicted octanol–water partition coefficient (Wildman–Crippen LogP) is 3.46. The molecule has 0 aliphatic rings. The van der Waals surface area contributed by atoms with Crippen molar-refractivity contribution < 1.29 is 13.6 Å². The molecule has 3 rings (SSSR count). The highest BCUT2D eigenvalue weighted by Crippen LogP contribution is 2.25. The first kappa shape index (κ1) is 15.1. The van der Waals surface area contributed by atoms with Crippen molar-refractivity contribution in [2.75, 3.05) is 18.0 Å². The van der Waals surface area contributed by atoms with Crippen LogP contribution in [-0.4, -0.2) is 18.9 Å². The van der Waals surface area contributed by atoms with Gasteiger partial charge >= 0.3 is 5.63 Å². The summed E-state index contributed by atoms with van der Waals surface area (Å²) in [4.78, 5) is 26.1. The van der Waals surface area contributed by atoms with Crippen molar-refractivity contribution in [1.29, 1.82) is 0 Å². The van der Waals surface area contributed by atoms with Crippen LogP contribution < -0.4 is 10.5 Å². The highest BCUT2D eigenvalue weighted by Gasteiger charge is 2.20. The van der Waals surface area contributed by atoms with Gasteiger partial charge in [-0.25, -0.2) is 4.79 Å². The number of fused-ring (bicyclic) bond motifs is 1. The minimum atomic E-state index is -0.436. The van der Waals surface area contributed by atoms with Crippen molar-refractivity contribution in [1.82, 2.24) is 0 Å². The zero-order chi connectivity index (χ0) is 16.4. The van der Waals surface area contributed by atoms with E-state index in [0.29, 0.717) is 22.6 Å². The second-order valence-electron chi connectivity index (χ2n) is 5.15. The maximum absolute atomic E-state index is 12.8. The van der Waals surface area contributed by atoms with Gasteiger partial charge in [0.25, 0.3) is 0 Å². The Hall–Kier alpha value is -2.82. The Kier molecular flexibility index (Phi) is 4.02. The van der Waals surface area contributed by atoms with Gasteiger partial charge in [-0.3, -0.25) is 4.79 Å². The molecule has 0 bridgehead atoms. The Balaban J connectivity index is 2.04. The standard InChI is InChI=1S/C18H17NO4/c1-3-19(4-2)18-14(9-10-22-18)17(21)13-6-5-12-7-8-16(20)23-15(12)11-13/h5-11H,3-4H2,1-2H3. The lowest BCUT2D eigenvalue weighted by molar-refractivity contribution is 0.103. The largest absolute Gasteiger partial charge is 0.448 e. The van der Waals surface area contributed by atoms with Crippen LogP contribution in [0, 0.1) is 0 Å². The molecule has 0 spiro atoms. The minimum Gasteiger partial charge on any atom is -0.448 e. The van der Waals surface area contributed by atoms with Gasteiger partial charge in [0.05, 0.1) is 11.8 Å². The normalized spacial score (nSPS) is 10.9. The van der Waals surface area contributed by atoms with E-state index in [9.17, 15) is 9.59 Å². The third-order valence-corrected chi connectivity index (χ3v) is 3.83. The van der Waals surface area contributed by atoms with Crippen LogP contribution in [0.1, 0.15) is 29.8 Å². The molecule has 2 heterocycles. The lowest BCUT2D eigenvalue weighted by Gasteiger charge is -2.18. The molecule has 5 nitrogen and oxygen atoms in total. The van der Waals surface area contributed by atoms with Gasteiger partial charge in [0, 0.05) is 30.1 Å². The fourth-order valence-electron chi connectivity index (χ4n) is 2.59. The molecule has 118 valence electrons. The maximum Gasteiger partial charge on any atom is 0.336 e. The average Bonchev–Trinajstić information content (AvgIpc) is 3.04. The van der Waals surface area contributed by atoms with Crippen molar-refractivity contribution in [2.24, 2.45) is 0 Å². The van der Waals surface area contributed by atoms with Crippen LogP contribution in [-0.2, 0) is 0 Å². The van der Waals surface area contributed by atoms with Crippen LogP contribution in [0.2, 0.25) is 0 Å². The SMILES string of the molecule is CCN(CC)c1occc1C(=O)c1ccc2ccc(=O)oc2c1. The van der Waals surface area contributed by atoms with Gasteiger partial charge in [0.1, 0.15) is 5.58 Å². The summed E-state index contributed by atoms with van der Waals surface area (Å²) in [6.45, 7) is 5.50. The Bertz CT molecular complexity index is 903. The third-order valence-electron chi connectivity index (χ3n) is 3.83. The number of ketones is 1. The summed E-state index contributed by atoms with van der Waals surface area (Å²) < 4.78 is 10.6. The number of hydrogen-bond acceptors (Lipinski definition) is 5. The van der Waals surface area contributed by atoms with Crippen LogP contribution >= 0.6 is 0 Å². The first-order chi connectivity index (χ1) is 11.1. The van der Waals surface area contributed by atoms with E-state index >= 15 is 0 Å². The van der Waals surface area contributed by atoms with Gasteiger partial charge in [0.15, 0.2) is 5.78 Å². The summed E-state index contributed by atoms with van der Waals surface area (Å²) in [6, 6.07) is 9.79. The first-order valence-corrected chi connectivity index (χ1v) is 7.55. The van der Waals surface area contributed by atoms with E-state index in [0.717, 1.165) is 18.5 Å². The van der Waals surface area contributed by atoms with Gasteiger partial charge in [-0.05, 0) is 32.0 Å². The van der Waals surface area contributed by atoms with Crippen LogP contribution in [0.3, 0.4) is 0 Å². The fourth-order valence-corrected chi connectivity index (χ4v) is 2.59. The first-order valence-electron chi connectivity index (χ1n) is 7.55. The summed E-state index contributed by atoms with van der Waals surface area (Å²) >= 11 is 0. The minimum absolute atomic E-state index is 0.158. The second kappa shape index (κ2) is 6.12. The van der Waals surface area contributed by atoms with E-state index in [1.165, 1.54) is 12.3 Å². The van der Waals surface area contributed by atoms with E-state index < -0.39 is 5.63 Å². The number of carbonyl (C=O) groups is 1. The predicted molar refractivity (Wildman–Crippen MR) is 88.2 cm³/mol. The Labute approximate surface area is 133 Å². The van der Waals surface area contributed by atoms with Crippen LogP contribution in [0.25, 0.3) is 11.0 Å². The summed E-state index contributed by atoms with van der Waals surface area (Å²) in [5, 5.41) is 0.775. The number of furan rings is 1. The summed E-state index contributed by atoms with van der Waals surface area (Å²) in [6.07, 6.45) is 1.52. The van der Waals surface area contributed by atoms with Crippen LogP contribution in [0.5, 0.6) is 0 Å². The molecular weight excluding hydrogens is 294 g/mol. The Morgan fingerprint density at radius 2 is 1.83 bits per heavy atom. The monoisotopic (exact) mass is 311 g/mol. The maximum atomic E-state index is 12.8. The van der Waals surface area contributed by atoms with Crippen LogP contribution in [0.15, 0.2) is 56.3 Å². The molecule has 0 saturated carbocycles. The molecule has 0 fully saturated rings. The van der Waals surface area contributed by atoms with Crippen molar-refractivity contribution in [3.05, 3.63) is 64.2 Å². The van der Waals surface area contributed by atoms with Gasteiger partial charge in [-0.1, -0.05) is 12.1 Å². The van der Waals surface area contributed by atoms with Gasteiger partial charge in [-0.2, -0.15) is 0 Å². The highest BCUT2D eigenvalue weighted by molar-refractivity contribution is 6.12. The van der Waals surface area contributed by atoms with Crippen molar-refractivity contribution in [2.45, 2.75) is 13.8 Å². The van der Waals surface area contributed by atoms with Gasteiger partial charge in [-0.15, -0.1) is 0 Å². The van der Waals surface area contributed by atoms with E-state index in [1.54, 1.807) is 30.3 Å². The van der Waals surface area contributed by atoms with E-state index in [2.05, 4.69) is 0 Å². The lowest BCUT2D eigenvalue weighted by Crippen LogP contribution is -2.23. The number of nitrogens with zero attached hydrogens (tertiary/aromatic N) is 1. The van der Waals surface area contributed by atoms with Gasteiger partial charge in [0.2, 0.25) is 5.88 Å². The molecule has 0 amide bonds. The molecule has 3 aromatic rings. The average molecular weight is 311 g/mol. The summed E-state index contributed by atoms with van der Waals surface area (Å²) in [5.74, 6) is 0.406. The fraction of sp³-hybridized carbons (Fsp3) is 0.222. The number of rotatable bonds is 5. The molecule has 0 radical (unpaired) electrons. The van der Waals surface area contributed by atoms with Crippen molar-refractivity contribution in [3.63, 3.8) is 0 Å². The molecule has 0 atom stereocenters. The van der Waals surface area contributed by atoms with Gasteiger partial charge < -0.3 is 13.7 Å². The third kappa shape index (κ3) is 2.77. The van der Waals surface area contributed by atoms with Crippen molar-refractivity contribution >= 4 is 22.6 Å². The number of carbonyl (C=O) groups excluding carboxylic acids is 1. The molecule has 0 N–H and O–H groups in total. The van der Waals surface area contributed by atoms with Crippen molar-refractivity contribution in [3.8, 4) is 0 Å². The summed E-state index contributed by atoms with van der Waals surface area (Å²) in [7, 11) is 0. The molecular formula is C18H17NO4. The zero-order valence-electron chi connectivity index (χ0n) is 13.0. The number of hydrogen-bond donors (Lipinski definition) is 0. The molecule has 0 aliphatic carbocycles. The van der Waals surface area contributed by atoms with Crippen LogP contribution in [0.4, 0.5) is 5.88 Å². The summed E-state index contributed by atoms with van der Waals surface area (Å²) in [5.41, 5.74) is 0.929. The quantitative estimate of drug-likeness (QED) is 0.533. The lowest BCUT2D eigenvalue weighted by atomic mass is 10.0. The second-order valence-corrected chi connectivity index (χ2v) is 5.15. The number of benzene rings is 1. The number of anilines is 1. The molecule has 23 heavy (non-hydrogen) atoms. The van der Waals surface area contributed by atoms with E-state index in [1.807, 2.05) is 18.7 Å². The molecule has 0 saturated heterocycles. The topological polar surface area (TPSA) is 63.7 Å².